The molecular weight excluding hydrogens is 634 g/mol. The van der Waals surface area contributed by atoms with E-state index in [0.717, 1.165) is 17.0 Å². The molecule has 2 aromatic carbocycles. The zero-order chi connectivity index (χ0) is 35.3. The van der Waals surface area contributed by atoms with Crippen molar-refractivity contribution < 1.29 is 38.1 Å². The number of amides is 2. The highest BCUT2D eigenvalue weighted by molar-refractivity contribution is 6.07. The Morgan fingerprint density at radius 1 is 0.980 bits per heavy atom. The van der Waals surface area contributed by atoms with Gasteiger partial charge in [-0.2, -0.15) is 4.99 Å². The number of amidine groups is 1. The van der Waals surface area contributed by atoms with Gasteiger partial charge >= 0.3 is 18.2 Å². The van der Waals surface area contributed by atoms with E-state index in [2.05, 4.69) is 15.3 Å². The third kappa shape index (κ3) is 10.2. The quantitative estimate of drug-likeness (QED) is 0.0624. The van der Waals surface area contributed by atoms with Gasteiger partial charge in [0.1, 0.15) is 30.7 Å². The van der Waals surface area contributed by atoms with Crippen molar-refractivity contribution in [3.05, 3.63) is 83.8 Å². The molecule has 0 aliphatic rings. The maximum atomic E-state index is 13.6. The number of hydrogen-bond donors (Lipinski definition) is 2. The summed E-state index contributed by atoms with van der Waals surface area (Å²) in [6.07, 6.45) is -0.483. The number of pyridine rings is 1. The number of hydrogen-bond acceptors (Lipinski definition) is 11. The Hall–Kier alpha value is -5.99. The maximum absolute atomic E-state index is 13.6. The summed E-state index contributed by atoms with van der Waals surface area (Å²) in [6, 6.07) is 17.5. The van der Waals surface area contributed by atoms with Crippen LogP contribution in [0.25, 0.3) is 11.0 Å². The number of nitrogens with zero attached hydrogens (tertiary/aromatic N) is 5. The number of anilines is 2. The van der Waals surface area contributed by atoms with Gasteiger partial charge in [0.15, 0.2) is 0 Å². The molecule has 2 amide bonds. The largest absolute Gasteiger partial charge is 0.508 e. The number of carbonyl (C=O) groups is 4. The molecule has 0 aliphatic heterocycles. The normalized spacial score (nSPS) is 11.2. The van der Waals surface area contributed by atoms with E-state index >= 15 is 0 Å². The van der Waals surface area contributed by atoms with Gasteiger partial charge in [-0.05, 0) is 75.4 Å². The van der Waals surface area contributed by atoms with Crippen LogP contribution in [0.3, 0.4) is 0 Å². The van der Waals surface area contributed by atoms with Crippen molar-refractivity contribution in [1.82, 2.24) is 14.5 Å². The highest BCUT2D eigenvalue weighted by Gasteiger charge is 2.21. The number of aromatic nitrogens is 3. The summed E-state index contributed by atoms with van der Waals surface area (Å²) in [6.45, 7) is 5.46. The zero-order valence-corrected chi connectivity index (χ0v) is 27.8. The average molecular weight is 674 g/mol. The molecule has 0 atom stereocenters. The van der Waals surface area contributed by atoms with Gasteiger partial charge in [0.05, 0.1) is 36.7 Å². The first-order valence-corrected chi connectivity index (χ1v) is 15.6. The number of ether oxygens (including phenoxy) is 4. The molecule has 3 N–H and O–H groups in total. The van der Waals surface area contributed by atoms with Gasteiger partial charge in [-0.25, -0.2) is 19.6 Å². The first-order chi connectivity index (χ1) is 23.5. The number of imidazole rings is 1. The van der Waals surface area contributed by atoms with E-state index < -0.39 is 18.2 Å². The molecule has 0 saturated heterocycles. The molecule has 0 radical (unpaired) electrons. The molecule has 2 heterocycles. The first-order valence-electron chi connectivity index (χ1n) is 15.6. The Bertz CT molecular complexity index is 1790. The summed E-state index contributed by atoms with van der Waals surface area (Å²) in [4.78, 5) is 63.2. The Morgan fingerprint density at radius 2 is 1.71 bits per heavy atom. The minimum atomic E-state index is -0.923. The third-order valence-corrected chi connectivity index (χ3v) is 6.94. The van der Waals surface area contributed by atoms with Crippen LogP contribution in [0.5, 0.6) is 0 Å². The summed E-state index contributed by atoms with van der Waals surface area (Å²) in [5.74, 6) is 0.391. The second-order valence-corrected chi connectivity index (χ2v) is 10.8. The zero-order valence-electron chi connectivity index (χ0n) is 27.8. The standard InChI is InChI=1S/C34H39N7O8/c1-5-46-30(42)15-17-41(28-8-6-7-16-36-28)32(43)24-11-14-27-26(20-24)38-29(40(27)4)21-37-25-12-9-23(10-13-25)31(35)39-33(44)47-18-19-48-34(45)49-22(2)3/h6-14,16,20,22,37H,5,15,17-19,21H2,1-4H3,(H2,35,39,44). The van der Waals surface area contributed by atoms with Gasteiger partial charge in [0.2, 0.25) is 0 Å². The number of benzene rings is 2. The highest BCUT2D eigenvalue weighted by atomic mass is 16.7. The van der Waals surface area contributed by atoms with Crippen LogP contribution in [0.1, 0.15) is 48.9 Å². The van der Waals surface area contributed by atoms with E-state index in [1.807, 2.05) is 17.7 Å². The van der Waals surface area contributed by atoms with Crippen molar-refractivity contribution in [2.24, 2.45) is 17.8 Å². The van der Waals surface area contributed by atoms with E-state index in [1.165, 1.54) is 4.90 Å². The summed E-state index contributed by atoms with van der Waals surface area (Å²) < 4.78 is 21.5. The van der Waals surface area contributed by atoms with Crippen LogP contribution in [0, 0.1) is 0 Å². The second kappa shape index (κ2) is 17.2. The molecular formula is C34H39N7O8. The molecule has 0 spiro atoms. The maximum Gasteiger partial charge on any atom is 0.508 e. The number of fused-ring (bicyclic) bond motifs is 1. The number of aryl methyl sites for hydroxylation is 1. The molecule has 15 nitrogen and oxygen atoms in total. The molecule has 4 rings (SSSR count). The molecule has 258 valence electrons. The average Bonchev–Trinajstić information content (AvgIpc) is 3.40. The van der Waals surface area contributed by atoms with Gasteiger partial charge in [0.25, 0.3) is 5.91 Å². The van der Waals surface area contributed by atoms with E-state index in [0.29, 0.717) is 29.0 Å². The van der Waals surface area contributed by atoms with Crippen molar-refractivity contribution >= 4 is 52.5 Å². The lowest BCUT2D eigenvalue weighted by Gasteiger charge is -2.21. The van der Waals surface area contributed by atoms with Crippen molar-refractivity contribution in [1.29, 1.82) is 0 Å². The number of carbonyl (C=O) groups excluding carboxylic acids is 4. The molecule has 0 bridgehead atoms. The molecule has 2 aromatic heterocycles. The van der Waals surface area contributed by atoms with Crippen LogP contribution in [0.15, 0.2) is 71.9 Å². The predicted octanol–water partition coefficient (Wildman–Crippen LogP) is 4.58. The van der Waals surface area contributed by atoms with E-state index in [-0.39, 0.29) is 50.6 Å². The minimum absolute atomic E-state index is 0.0277. The van der Waals surface area contributed by atoms with Gasteiger partial charge in [-0.3, -0.25) is 14.5 Å². The van der Waals surface area contributed by atoms with Crippen LogP contribution in [-0.4, -0.2) is 77.0 Å². The summed E-state index contributed by atoms with van der Waals surface area (Å²) in [7, 11) is 1.89. The first kappa shape index (κ1) is 35.9. The molecule has 0 unspecified atom stereocenters. The SMILES string of the molecule is CCOC(=O)CCN(C(=O)c1ccc2c(c1)nc(CNc1ccc(/C(N)=N/C(=O)OCCOC(=O)OC(C)C)cc1)n2C)c1ccccn1. The van der Waals surface area contributed by atoms with Crippen molar-refractivity contribution in [3.63, 3.8) is 0 Å². The lowest BCUT2D eigenvalue weighted by molar-refractivity contribution is -0.142. The fraction of sp³-hybridized carbons (Fsp3) is 0.324. The monoisotopic (exact) mass is 673 g/mol. The smallest absolute Gasteiger partial charge is 0.466 e. The number of nitrogens with one attached hydrogen (secondary N) is 1. The number of esters is 1. The van der Waals surface area contributed by atoms with E-state index in [4.69, 9.17) is 29.7 Å². The second-order valence-electron chi connectivity index (χ2n) is 10.8. The van der Waals surface area contributed by atoms with Crippen molar-refractivity contribution in [2.75, 3.05) is 36.6 Å². The molecule has 15 heteroatoms. The Morgan fingerprint density at radius 3 is 2.41 bits per heavy atom. The van der Waals surface area contributed by atoms with Gasteiger partial charge in [-0.15, -0.1) is 0 Å². The third-order valence-electron chi connectivity index (χ3n) is 6.94. The molecule has 0 saturated carbocycles. The topological polar surface area (TPSA) is 190 Å². The fourth-order valence-corrected chi connectivity index (χ4v) is 4.58. The summed E-state index contributed by atoms with van der Waals surface area (Å²) in [5, 5.41) is 3.30. The van der Waals surface area contributed by atoms with Crippen LogP contribution >= 0.6 is 0 Å². The van der Waals surface area contributed by atoms with Crippen LogP contribution in [0.2, 0.25) is 0 Å². The van der Waals surface area contributed by atoms with Crippen LogP contribution in [-0.2, 0) is 37.3 Å². The predicted molar refractivity (Wildman–Crippen MR) is 181 cm³/mol. The van der Waals surface area contributed by atoms with E-state index in [9.17, 15) is 19.2 Å². The molecule has 49 heavy (non-hydrogen) atoms. The van der Waals surface area contributed by atoms with Crippen molar-refractivity contribution in [3.8, 4) is 0 Å². The lowest BCUT2D eigenvalue weighted by atomic mass is 10.1. The summed E-state index contributed by atoms with van der Waals surface area (Å²) >= 11 is 0. The van der Waals surface area contributed by atoms with Crippen LogP contribution in [0.4, 0.5) is 21.1 Å². The van der Waals surface area contributed by atoms with Gasteiger partial charge in [0, 0.05) is 36.6 Å². The minimum Gasteiger partial charge on any atom is -0.466 e. The highest BCUT2D eigenvalue weighted by Crippen LogP contribution is 2.21. The molecule has 0 fully saturated rings. The summed E-state index contributed by atoms with van der Waals surface area (Å²) in [5.41, 5.74) is 9.09. The molecule has 0 aliphatic carbocycles. The number of nitrogens with two attached hydrogens (primary N) is 1. The van der Waals surface area contributed by atoms with Gasteiger partial charge in [-0.1, -0.05) is 6.07 Å². The molecule has 4 aromatic rings. The lowest BCUT2D eigenvalue weighted by Crippen LogP contribution is -2.34. The van der Waals surface area contributed by atoms with Crippen LogP contribution < -0.4 is 16.0 Å². The number of aliphatic imine (C=N–C) groups is 1. The van der Waals surface area contributed by atoms with Crippen molar-refractivity contribution in [2.45, 2.75) is 39.8 Å². The Labute approximate surface area is 283 Å². The van der Waals surface area contributed by atoms with E-state index in [1.54, 1.807) is 81.6 Å². The Balaban J connectivity index is 1.36. The van der Waals surface area contributed by atoms with Gasteiger partial charge < -0.3 is 34.6 Å². The fourth-order valence-electron chi connectivity index (χ4n) is 4.58. The number of rotatable bonds is 14. The Kier molecular flexibility index (Phi) is 12.6.